The Hall–Kier alpha value is -0.416. The number of hydrogen-bond acceptors (Lipinski definition) is 3. The molecule has 0 aromatic heterocycles. The summed E-state index contributed by atoms with van der Waals surface area (Å²) in [5.41, 5.74) is 0. The van der Waals surface area contributed by atoms with Crippen molar-refractivity contribution >= 4 is 22.4 Å². The Labute approximate surface area is 212 Å². The maximum absolute atomic E-state index is 12.3. The van der Waals surface area contributed by atoms with Gasteiger partial charge in [0.2, 0.25) is 0 Å². The first-order chi connectivity index (χ1) is 15.5. The molecule has 0 N–H and O–H groups in total. The number of hydrogen-bond donors (Lipinski definition) is 0. The van der Waals surface area contributed by atoms with Crippen molar-refractivity contribution in [3.63, 3.8) is 0 Å². The summed E-state index contributed by atoms with van der Waals surface area (Å²) >= 11 is 0. The third-order valence-electron chi connectivity index (χ3n) is 9.92. The molecule has 3 fully saturated rings. The van der Waals surface area contributed by atoms with Crippen LogP contribution in [0.1, 0.15) is 92.9 Å². The predicted molar refractivity (Wildman–Crippen MR) is 148 cm³/mol. The first kappa shape index (κ1) is 28.2. The maximum atomic E-state index is 12.3. The van der Waals surface area contributed by atoms with Crippen LogP contribution in [0.2, 0.25) is 36.3 Å². The fraction of sp³-hybridized carbons (Fsp3) is 0.897. The largest absolute Gasteiger partial charge is 0.413 e. The molecule has 0 amide bonds. The molecule has 0 saturated heterocycles. The monoisotopic (exact) mass is 504 g/mol. The summed E-state index contributed by atoms with van der Waals surface area (Å²) in [6.45, 7) is 23.3. The molecule has 194 valence electrons. The van der Waals surface area contributed by atoms with E-state index in [9.17, 15) is 4.79 Å². The van der Waals surface area contributed by atoms with Crippen molar-refractivity contribution < 1.29 is 13.6 Å². The summed E-state index contributed by atoms with van der Waals surface area (Å²) in [6.07, 6.45) is 9.20. The molecule has 3 rings (SSSR count). The van der Waals surface area contributed by atoms with Crippen molar-refractivity contribution in [3.8, 4) is 11.8 Å². The topological polar surface area (TPSA) is 35.5 Å². The van der Waals surface area contributed by atoms with Gasteiger partial charge in [0.15, 0.2) is 16.6 Å². The van der Waals surface area contributed by atoms with Crippen molar-refractivity contribution in [2.75, 3.05) is 0 Å². The highest BCUT2D eigenvalue weighted by Crippen LogP contribution is 2.49. The van der Waals surface area contributed by atoms with Gasteiger partial charge in [0.1, 0.15) is 11.9 Å². The molecule has 0 bridgehead atoms. The Morgan fingerprint density at radius 1 is 0.912 bits per heavy atom. The van der Waals surface area contributed by atoms with E-state index in [0.29, 0.717) is 18.1 Å². The molecular weight excluding hydrogens is 452 g/mol. The first-order valence-electron chi connectivity index (χ1n) is 13.9. The van der Waals surface area contributed by atoms with E-state index in [0.717, 1.165) is 25.2 Å². The summed E-state index contributed by atoms with van der Waals surface area (Å²) in [6, 6.07) is 0. The standard InChI is InChI=1S/C29H52O3Si2/c1-28(2,3)33(7,8)31-22(19-21-13-11-12-14-21)15-16-24-25-20-26(30)23(25)17-18-27(24)32-34(9,10)29(4,5)6/h21-25,27H,11-14,17-20H2,1-10H3/t22-,23+,24-,25+,27-/m1/s1. The lowest BCUT2D eigenvalue weighted by molar-refractivity contribution is -0.141. The number of fused-ring (bicyclic) bond motifs is 1. The second kappa shape index (κ2) is 10.2. The molecule has 5 atom stereocenters. The minimum absolute atomic E-state index is 0.00803. The molecule has 34 heavy (non-hydrogen) atoms. The average Bonchev–Trinajstić information content (AvgIpc) is 3.17. The molecule has 0 heterocycles. The first-order valence-corrected chi connectivity index (χ1v) is 19.7. The van der Waals surface area contributed by atoms with Crippen LogP contribution in [0.4, 0.5) is 0 Å². The number of Topliss-reactive ketones (excluding diaryl/α,β-unsaturated/α-hetero) is 1. The fourth-order valence-electron chi connectivity index (χ4n) is 5.45. The molecule has 3 nitrogen and oxygen atoms in total. The van der Waals surface area contributed by atoms with Crippen molar-refractivity contribution in [1.29, 1.82) is 0 Å². The van der Waals surface area contributed by atoms with E-state index in [4.69, 9.17) is 8.85 Å². The smallest absolute Gasteiger partial charge is 0.193 e. The van der Waals surface area contributed by atoms with Crippen LogP contribution in [0.3, 0.4) is 0 Å². The zero-order chi connectivity index (χ0) is 25.5. The zero-order valence-electron chi connectivity index (χ0n) is 23.8. The van der Waals surface area contributed by atoms with Crippen LogP contribution in [0, 0.1) is 35.5 Å². The van der Waals surface area contributed by atoms with Crippen LogP contribution < -0.4 is 0 Å². The van der Waals surface area contributed by atoms with Crippen molar-refractivity contribution in [2.45, 2.75) is 141 Å². The van der Waals surface area contributed by atoms with Crippen LogP contribution in [-0.4, -0.2) is 34.6 Å². The van der Waals surface area contributed by atoms with Crippen LogP contribution in [0.5, 0.6) is 0 Å². The molecule has 5 heteroatoms. The summed E-state index contributed by atoms with van der Waals surface area (Å²) in [5, 5.41) is 0.348. The summed E-state index contributed by atoms with van der Waals surface area (Å²) < 4.78 is 13.9. The number of carbonyl (C=O) groups excluding carboxylic acids is 1. The van der Waals surface area contributed by atoms with E-state index in [-0.39, 0.29) is 34.1 Å². The molecule has 3 aliphatic carbocycles. The third-order valence-corrected chi connectivity index (χ3v) is 18.9. The molecule has 0 spiro atoms. The molecule has 0 radical (unpaired) electrons. The lowest BCUT2D eigenvalue weighted by Crippen LogP contribution is -2.53. The van der Waals surface area contributed by atoms with Gasteiger partial charge in [0.25, 0.3) is 0 Å². The Bertz CT molecular complexity index is 787. The van der Waals surface area contributed by atoms with Gasteiger partial charge in [-0.15, -0.1) is 0 Å². The minimum atomic E-state index is -1.92. The van der Waals surface area contributed by atoms with E-state index < -0.39 is 16.6 Å². The zero-order valence-corrected chi connectivity index (χ0v) is 25.8. The van der Waals surface area contributed by atoms with Crippen molar-refractivity contribution in [1.82, 2.24) is 0 Å². The third kappa shape index (κ3) is 6.28. The molecule has 3 saturated carbocycles. The Morgan fingerprint density at radius 3 is 2.03 bits per heavy atom. The van der Waals surface area contributed by atoms with Crippen LogP contribution in [-0.2, 0) is 13.6 Å². The van der Waals surface area contributed by atoms with E-state index in [1.54, 1.807) is 0 Å². The van der Waals surface area contributed by atoms with E-state index >= 15 is 0 Å². The number of carbonyl (C=O) groups is 1. The average molecular weight is 505 g/mol. The highest BCUT2D eigenvalue weighted by molar-refractivity contribution is 6.74. The van der Waals surface area contributed by atoms with Gasteiger partial charge in [-0.2, -0.15) is 0 Å². The lowest BCUT2D eigenvalue weighted by Gasteiger charge is -2.49. The summed E-state index contributed by atoms with van der Waals surface area (Å²) in [4.78, 5) is 12.3. The number of rotatable bonds is 6. The second-order valence-corrected chi connectivity index (χ2v) is 24.0. The molecule has 0 unspecified atom stereocenters. The SMILES string of the molecule is CC(C)(C)[Si](C)(C)O[C@H](C#C[C@@H]1[C@H]2CC(=O)[C@H]2CC[C@H]1O[Si](C)(C)C(C)(C)C)CC1CCCC1. The van der Waals surface area contributed by atoms with Gasteiger partial charge in [-0.1, -0.05) is 79.1 Å². The predicted octanol–water partition coefficient (Wildman–Crippen LogP) is 7.97. The Balaban J connectivity index is 1.85. The van der Waals surface area contributed by atoms with Gasteiger partial charge in [-0.3, -0.25) is 4.79 Å². The second-order valence-electron chi connectivity index (χ2n) is 14.5. The minimum Gasteiger partial charge on any atom is -0.413 e. The molecule has 0 aliphatic heterocycles. The van der Waals surface area contributed by atoms with Crippen LogP contribution in [0.25, 0.3) is 0 Å². The Morgan fingerprint density at radius 2 is 1.50 bits per heavy atom. The van der Waals surface area contributed by atoms with E-state index in [2.05, 4.69) is 79.6 Å². The van der Waals surface area contributed by atoms with Gasteiger partial charge < -0.3 is 8.85 Å². The van der Waals surface area contributed by atoms with Gasteiger partial charge in [-0.05, 0) is 67.4 Å². The molecule has 3 aliphatic rings. The lowest BCUT2D eigenvalue weighted by atomic mass is 9.59. The van der Waals surface area contributed by atoms with Gasteiger partial charge in [-0.25, -0.2) is 0 Å². The molecule has 0 aromatic rings. The van der Waals surface area contributed by atoms with E-state index in [1.807, 2.05) is 0 Å². The molecule has 0 aromatic carbocycles. The molecular formula is C29H52O3Si2. The summed E-state index contributed by atoms with van der Waals surface area (Å²) in [7, 11) is -3.82. The van der Waals surface area contributed by atoms with E-state index in [1.165, 1.54) is 25.7 Å². The van der Waals surface area contributed by atoms with Crippen LogP contribution in [0.15, 0.2) is 0 Å². The van der Waals surface area contributed by atoms with Crippen LogP contribution >= 0.6 is 0 Å². The van der Waals surface area contributed by atoms with Gasteiger partial charge in [0, 0.05) is 18.3 Å². The summed E-state index contributed by atoms with van der Waals surface area (Å²) in [5.74, 6) is 9.37. The van der Waals surface area contributed by atoms with Gasteiger partial charge >= 0.3 is 0 Å². The normalized spacial score (nSPS) is 29.8. The Kier molecular flexibility index (Phi) is 8.41. The number of ketones is 1. The van der Waals surface area contributed by atoms with Crippen molar-refractivity contribution in [3.05, 3.63) is 0 Å². The van der Waals surface area contributed by atoms with Gasteiger partial charge in [0.05, 0.1) is 6.10 Å². The maximum Gasteiger partial charge on any atom is 0.193 e. The quantitative estimate of drug-likeness (QED) is 0.272. The fourth-order valence-corrected chi connectivity index (χ4v) is 8.04. The van der Waals surface area contributed by atoms with Crippen molar-refractivity contribution in [2.24, 2.45) is 23.7 Å². The highest BCUT2D eigenvalue weighted by atomic mass is 28.4. The highest BCUT2D eigenvalue weighted by Gasteiger charge is 2.52.